The molecule has 3 aliphatic rings. The van der Waals surface area contributed by atoms with Crippen LogP contribution in [0.2, 0.25) is 0 Å². The van der Waals surface area contributed by atoms with Gasteiger partial charge in [-0.05, 0) is 66.2 Å². The van der Waals surface area contributed by atoms with Crippen molar-refractivity contribution in [2.45, 2.75) is 77.4 Å². The third-order valence-electron chi connectivity index (χ3n) is 6.18. The third-order valence-corrected chi connectivity index (χ3v) is 6.18. The monoisotopic (exact) mass is 307 g/mol. The first-order chi connectivity index (χ1) is 10.3. The molecule has 0 radical (unpaired) electrons. The second-order valence-corrected chi connectivity index (χ2v) is 9.55. The van der Waals surface area contributed by atoms with Crippen LogP contribution in [0.15, 0.2) is 0 Å². The van der Waals surface area contributed by atoms with Crippen molar-refractivity contribution in [3.63, 3.8) is 0 Å². The predicted molar refractivity (Wildman–Crippen MR) is 94.3 cm³/mol. The van der Waals surface area contributed by atoms with E-state index in [2.05, 4.69) is 49.3 Å². The van der Waals surface area contributed by atoms with Crippen molar-refractivity contribution in [2.75, 3.05) is 39.3 Å². The lowest BCUT2D eigenvalue weighted by Gasteiger charge is -2.54. The molecule has 0 aromatic carbocycles. The van der Waals surface area contributed by atoms with Gasteiger partial charge in [0.15, 0.2) is 0 Å². The maximum absolute atomic E-state index is 2.76. The molecule has 1 saturated carbocycles. The van der Waals surface area contributed by atoms with Crippen LogP contribution < -0.4 is 0 Å². The van der Waals surface area contributed by atoms with E-state index in [1.54, 1.807) is 0 Å². The first-order valence-electron chi connectivity index (χ1n) is 9.50. The Morgan fingerprint density at radius 2 is 1.45 bits per heavy atom. The van der Waals surface area contributed by atoms with Crippen LogP contribution in [-0.4, -0.2) is 71.1 Å². The SMILES string of the molecule is CC(C)(C)N1CCC1CC(C)(C)N1CCN(CC2CC2)CC1. The van der Waals surface area contributed by atoms with E-state index in [9.17, 15) is 0 Å². The van der Waals surface area contributed by atoms with E-state index in [-0.39, 0.29) is 0 Å². The Bertz CT molecular complexity index is 373. The zero-order valence-electron chi connectivity index (χ0n) is 15.6. The van der Waals surface area contributed by atoms with Crippen LogP contribution in [0.4, 0.5) is 0 Å². The number of rotatable bonds is 5. The summed E-state index contributed by atoms with van der Waals surface area (Å²) in [6.45, 7) is 19.8. The largest absolute Gasteiger partial charge is 0.301 e. The minimum Gasteiger partial charge on any atom is -0.301 e. The van der Waals surface area contributed by atoms with Crippen LogP contribution >= 0.6 is 0 Å². The fourth-order valence-corrected chi connectivity index (χ4v) is 4.44. The Labute approximate surface area is 138 Å². The highest BCUT2D eigenvalue weighted by Crippen LogP contribution is 2.35. The summed E-state index contributed by atoms with van der Waals surface area (Å²) in [7, 11) is 0. The van der Waals surface area contributed by atoms with Gasteiger partial charge in [-0.1, -0.05) is 0 Å². The first-order valence-corrected chi connectivity index (χ1v) is 9.50. The summed E-state index contributed by atoms with van der Waals surface area (Å²) in [5.74, 6) is 1.04. The number of piperazine rings is 1. The maximum Gasteiger partial charge on any atom is 0.0169 e. The Kier molecular flexibility index (Phi) is 4.61. The molecule has 22 heavy (non-hydrogen) atoms. The zero-order chi connectivity index (χ0) is 16.0. The lowest BCUT2D eigenvalue weighted by molar-refractivity contribution is -0.0400. The molecule has 2 heterocycles. The van der Waals surface area contributed by atoms with Crippen molar-refractivity contribution in [1.82, 2.24) is 14.7 Å². The highest BCUT2D eigenvalue weighted by atomic mass is 15.3. The molecule has 0 amide bonds. The fraction of sp³-hybridized carbons (Fsp3) is 1.00. The molecule has 1 atom stereocenters. The lowest BCUT2D eigenvalue weighted by atomic mass is 9.83. The van der Waals surface area contributed by atoms with Crippen LogP contribution in [0.3, 0.4) is 0 Å². The van der Waals surface area contributed by atoms with Gasteiger partial charge in [-0.15, -0.1) is 0 Å². The van der Waals surface area contributed by atoms with E-state index in [1.807, 2.05) is 0 Å². The molecule has 0 aromatic rings. The average molecular weight is 308 g/mol. The Morgan fingerprint density at radius 3 is 1.91 bits per heavy atom. The van der Waals surface area contributed by atoms with Gasteiger partial charge in [-0.2, -0.15) is 0 Å². The van der Waals surface area contributed by atoms with Crippen molar-refractivity contribution < 1.29 is 0 Å². The van der Waals surface area contributed by atoms with Gasteiger partial charge < -0.3 is 4.90 Å². The number of hydrogen-bond acceptors (Lipinski definition) is 3. The van der Waals surface area contributed by atoms with E-state index < -0.39 is 0 Å². The van der Waals surface area contributed by atoms with Crippen LogP contribution in [0.25, 0.3) is 0 Å². The van der Waals surface area contributed by atoms with Gasteiger partial charge in [0.05, 0.1) is 0 Å². The standard InChI is InChI=1S/C19H37N3/c1-18(2,3)22-9-8-17(22)14-19(4,5)21-12-10-20(11-13-21)15-16-6-7-16/h16-17H,6-15H2,1-5H3. The highest BCUT2D eigenvalue weighted by Gasteiger charge is 2.41. The van der Waals surface area contributed by atoms with Gasteiger partial charge in [-0.25, -0.2) is 0 Å². The van der Waals surface area contributed by atoms with E-state index in [4.69, 9.17) is 0 Å². The van der Waals surface area contributed by atoms with Gasteiger partial charge in [0, 0.05) is 56.4 Å². The molecular weight excluding hydrogens is 270 g/mol. The van der Waals surface area contributed by atoms with Gasteiger partial charge in [0.2, 0.25) is 0 Å². The molecule has 3 rings (SSSR count). The molecule has 0 bridgehead atoms. The smallest absolute Gasteiger partial charge is 0.0169 e. The van der Waals surface area contributed by atoms with Gasteiger partial charge in [-0.3, -0.25) is 9.80 Å². The van der Waals surface area contributed by atoms with E-state index in [0.29, 0.717) is 11.1 Å². The average Bonchev–Trinajstić information content (AvgIpc) is 3.17. The molecule has 2 aliphatic heterocycles. The second-order valence-electron chi connectivity index (χ2n) is 9.55. The zero-order valence-corrected chi connectivity index (χ0v) is 15.6. The van der Waals surface area contributed by atoms with Crippen LogP contribution in [-0.2, 0) is 0 Å². The quantitative estimate of drug-likeness (QED) is 0.773. The topological polar surface area (TPSA) is 9.72 Å². The predicted octanol–water partition coefficient (Wildman–Crippen LogP) is 3.06. The van der Waals surface area contributed by atoms with E-state index in [0.717, 1.165) is 12.0 Å². The van der Waals surface area contributed by atoms with Crippen LogP contribution in [0.5, 0.6) is 0 Å². The van der Waals surface area contributed by atoms with Crippen LogP contribution in [0, 0.1) is 5.92 Å². The summed E-state index contributed by atoms with van der Waals surface area (Å²) in [5, 5.41) is 0. The molecule has 0 N–H and O–H groups in total. The van der Waals surface area contributed by atoms with Crippen molar-refractivity contribution in [1.29, 1.82) is 0 Å². The van der Waals surface area contributed by atoms with Gasteiger partial charge >= 0.3 is 0 Å². The number of hydrogen-bond donors (Lipinski definition) is 0. The number of likely N-dealkylation sites (tertiary alicyclic amines) is 1. The minimum absolute atomic E-state index is 0.335. The molecule has 0 spiro atoms. The Balaban J connectivity index is 1.48. The molecule has 3 heteroatoms. The fourth-order valence-electron chi connectivity index (χ4n) is 4.44. The molecule has 3 fully saturated rings. The van der Waals surface area contributed by atoms with Gasteiger partial charge in [0.25, 0.3) is 0 Å². The van der Waals surface area contributed by atoms with Crippen molar-refractivity contribution in [3.8, 4) is 0 Å². The van der Waals surface area contributed by atoms with Crippen LogP contribution in [0.1, 0.15) is 60.3 Å². The molecule has 128 valence electrons. The highest BCUT2D eigenvalue weighted by molar-refractivity contribution is 4.97. The van der Waals surface area contributed by atoms with Crippen molar-refractivity contribution >= 4 is 0 Å². The van der Waals surface area contributed by atoms with Gasteiger partial charge in [0.1, 0.15) is 0 Å². The third kappa shape index (κ3) is 3.85. The summed E-state index contributed by atoms with van der Waals surface area (Å²) in [6.07, 6.45) is 5.68. The molecule has 3 nitrogen and oxygen atoms in total. The maximum atomic E-state index is 2.76. The molecule has 1 aliphatic carbocycles. The molecular formula is C19H37N3. The Morgan fingerprint density at radius 1 is 0.818 bits per heavy atom. The summed E-state index contributed by atoms with van der Waals surface area (Å²) in [6, 6.07) is 0.791. The summed E-state index contributed by atoms with van der Waals surface area (Å²) >= 11 is 0. The van der Waals surface area contributed by atoms with Crippen molar-refractivity contribution in [3.05, 3.63) is 0 Å². The molecule has 2 saturated heterocycles. The normalized spacial score (nSPS) is 29.6. The second kappa shape index (κ2) is 6.07. The summed E-state index contributed by atoms with van der Waals surface area (Å²) in [4.78, 5) is 8.17. The summed E-state index contributed by atoms with van der Waals surface area (Å²) < 4.78 is 0. The van der Waals surface area contributed by atoms with E-state index in [1.165, 1.54) is 65.0 Å². The minimum atomic E-state index is 0.335. The lowest BCUT2D eigenvalue weighted by Crippen LogP contribution is -2.62. The van der Waals surface area contributed by atoms with Crippen molar-refractivity contribution in [2.24, 2.45) is 5.92 Å². The molecule has 0 aromatic heterocycles. The molecule has 1 unspecified atom stereocenters. The van der Waals surface area contributed by atoms with E-state index >= 15 is 0 Å². The Hall–Kier alpha value is -0.120. The first kappa shape index (κ1) is 16.7. The summed E-state index contributed by atoms with van der Waals surface area (Å²) in [5.41, 5.74) is 0.683. The number of nitrogens with zero attached hydrogens (tertiary/aromatic N) is 3.